The number of pyridine rings is 1. The molecule has 1 fully saturated rings. The van der Waals surface area contributed by atoms with Gasteiger partial charge in [-0.15, -0.1) is 0 Å². The first-order chi connectivity index (χ1) is 19.1. The van der Waals surface area contributed by atoms with Crippen LogP contribution < -0.4 is 4.90 Å². The van der Waals surface area contributed by atoms with E-state index in [0.29, 0.717) is 0 Å². The van der Waals surface area contributed by atoms with E-state index in [1.165, 1.54) is 74.0 Å². The van der Waals surface area contributed by atoms with Crippen LogP contribution in [-0.2, 0) is 5.41 Å². The summed E-state index contributed by atoms with van der Waals surface area (Å²) < 4.78 is 0. The monoisotopic (exact) mass is 504 g/mol. The molecule has 0 bridgehead atoms. The molecule has 8 rings (SSSR count). The predicted molar refractivity (Wildman–Crippen MR) is 165 cm³/mol. The van der Waals surface area contributed by atoms with E-state index in [-0.39, 0.29) is 11.0 Å². The Morgan fingerprint density at radius 1 is 0.641 bits per heavy atom. The van der Waals surface area contributed by atoms with Crippen LogP contribution in [-0.4, -0.2) is 10.5 Å². The third-order valence-electron chi connectivity index (χ3n) is 10.0. The highest BCUT2D eigenvalue weighted by molar-refractivity contribution is 6.13. The fraction of sp³-hybridized carbons (Fsp3) is 0.216. The topological polar surface area (TPSA) is 16.1 Å². The Kier molecular flexibility index (Phi) is 4.77. The lowest BCUT2D eigenvalue weighted by atomic mass is 9.61. The summed E-state index contributed by atoms with van der Waals surface area (Å²) in [5.74, 6) is 1.09. The van der Waals surface area contributed by atoms with Crippen molar-refractivity contribution in [1.29, 1.82) is 0 Å². The van der Waals surface area contributed by atoms with Crippen LogP contribution in [0.1, 0.15) is 45.1 Å². The van der Waals surface area contributed by atoms with Crippen LogP contribution in [0.3, 0.4) is 0 Å². The van der Waals surface area contributed by atoms with E-state index < -0.39 is 0 Å². The zero-order valence-corrected chi connectivity index (χ0v) is 22.6. The van der Waals surface area contributed by atoms with Crippen molar-refractivity contribution in [2.45, 2.75) is 50.5 Å². The SMILES string of the molecule is CC12CCCCC1(C)N(c1nccc3ccccc13)c1ccc(-c3c4ccccc4cc4ccccc34)cc12. The molecule has 0 saturated heterocycles. The minimum Gasteiger partial charge on any atom is -0.319 e. The fourth-order valence-corrected chi connectivity index (χ4v) is 7.83. The van der Waals surface area contributed by atoms with Crippen LogP contribution in [0.5, 0.6) is 0 Å². The average Bonchev–Trinajstić information content (AvgIpc) is 3.18. The van der Waals surface area contributed by atoms with Gasteiger partial charge in [0.2, 0.25) is 0 Å². The molecule has 190 valence electrons. The molecule has 2 heterocycles. The molecule has 5 aromatic carbocycles. The maximum atomic E-state index is 5.04. The third kappa shape index (κ3) is 3.06. The number of fused-ring (bicyclic) bond motifs is 6. The Morgan fingerprint density at radius 3 is 2.03 bits per heavy atom. The summed E-state index contributed by atoms with van der Waals surface area (Å²) in [6, 6.07) is 38.1. The molecule has 1 aromatic heterocycles. The second-order valence-electron chi connectivity index (χ2n) is 11.9. The molecule has 0 radical (unpaired) electrons. The van der Waals surface area contributed by atoms with Gasteiger partial charge >= 0.3 is 0 Å². The number of nitrogens with zero attached hydrogens (tertiary/aromatic N) is 2. The van der Waals surface area contributed by atoms with Crippen LogP contribution in [0.25, 0.3) is 43.4 Å². The Hall–Kier alpha value is -4.17. The summed E-state index contributed by atoms with van der Waals surface area (Å²) in [6.07, 6.45) is 6.86. The molecule has 2 aliphatic rings. The first-order valence-corrected chi connectivity index (χ1v) is 14.3. The van der Waals surface area contributed by atoms with Gasteiger partial charge in [0.05, 0.1) is 5.54 Å². The lowest BCUT2D eigenvalue weighted by Gasteiger charge is -2.50. The van der Waals surface area contributed by atoms with E-state index in [4.69, 9.17) is 4.98 Å². The quantitative estimate of drug-likeness (QED) is 0.218. The van der Waals surface area contributed by atoms with Crippen molar-refractivity contribution in [2.75, 3.05) is 4.90 Å². The Balaban J connectivity index is 1.42. The first kappa shape index (κ1) is 22.8. The molecule has 2 atom stereocenters. The molecule has 2 nitrogen and oxygen atoms in total. The zero-order chi connectivity index (χ0) is 26.2. The molecule has 6 aromatic rings. The lowest BCUT2D eigenvalue weighted by Crippen LogP contribution is -2.54. The Bertz CT molecular complexity index is 1860. The zero-order valence-electron chi connectivity index (χ0n) is 22.6. The average molecular weight is 505 g/mol. The molecular formula is C37H32N2. The molecule has 0 spiro atoms. The number of rotatable bonds is 2. The predicted octanol–water partition coefficient (Wildman–Crippen LogP) is 9.95. The van der Waals surface area contributed by atoms with Gasteiger partial charge in [0.15, 0.2) is 0 Å². The molecule has 39 heavy (non-hydrogen) atoms. The maximum Gasteiger partial charge on any atom is 0.141 e. The van der Waals surface area contributed by atoms with Gasteiger partial charge in [-0.3, -0.25) is 0 Å². The van der Waals surface area contributed by atoms with E-state index in [1.807, 2.05) is 6.20 Å². The van der Waals surface area contributed by atoms with Gasteiger partial charge in [-0.05, 0) is 87.7 Å². The van der Waals surface area contributed by atoms with Crippen molar-refractivity contribution in [1.82, 2.24) is 4.98 Å². The van der Waals surface area contributed by atoms with Gasteiger partial charge in [0.25, 0.3) is 0 Å². The highest BCUT2D eigenvalue weighted by Crippen LogP contribution is 2.61. The first-order valence-electron chi connectivity index (χ1n) is 14.3. The van der Waals surface area contributed by atoms with Crippen LogP contribution >= 0.6 is 0 Å². The van der Waals surface area contributed by atoms with E-state index in [2.05, 4.69) is 122 Å². The van der Waals surface area contributed by atoms with E-state index in [0.717, 1.165) is 12.2 Å². The van der Waals surface area contributed by atoms with Crippen LogP contribution in [0.4, 0.5) is 11.5 Å². The van der Waals surface area contributed by atoms with Crippen molar-refractivity contribution in [3.8, 4) is 11.1 Å². The summed E-state index contributed by atoms with van der Waals surface area (Å²) in [7, 11) is 0. The summed E-state index contributed by atoms with van der Waals surface area (Å²) in [5, 5.41) is 7.70. The van der Waals surface area contributed by atoms with E-state index in [9.17, 15) is 0 Å². The number of hydrogen-bond donors (Lipinski definition) is 0. The van der Waals surface area contributed by atoms with Gasteiger partial charge in [-0.1, -0.05) is 98.6 Å². The standard InChI is InChI=1S/C37H32N2/c1-36-20-9-10-21-37(36,2)39(35-31-16-8-3-11-25(31)19-22-38-35)33-18-17-28(24-32(33)36)34-29-14-6-4-12-26(29)23-27-13-5-7-15-30(27)34/h3-8,11-19,22-24H,9-10,20-21H2,1-2H3. The fourth-order valence-electron chi connectivity index (χ4n) is 7.83. The molecule has 2 heteroatoms. The maximum absolute atomic E-state index is 5.04. The van der Waals surface area contributed by atoms with Crippen molar-refractivity contribution < 1.29 is 0 Å². The number of benzene rings is 5. The van der Waals surface area contributed by atoms with Gasteiger partial charge < -0.3 is 4.90 Å². The minimum absolute atomic E-state index is 0.0373. The summed E-state index contributed by atoms with van der Waals surface area (Å²) >= 11 is 0. The van der Waals surface area contributed by atoms with E-state index in [1.54, 1.807) is 0 Å². The molecule has 1 saturated carbocycles. The minimum atomic E-state index is -0.0375. The lowest BCUT2D eigenvalue weighted by molar-refractivity contribution is 0.194. The summed E-state index contributed by atoms with van der Waals surface area (Å²) in [5.41, 5.74) is 5.44. The van der Waals surface area contributed by atoms with Gasteiger partial charge in [0, 0.05) is 22.7 Å². The van der Waals surface area contributed by atoms with Crippen LogP contribution in [0.2, 0.25) is 0 Å². The number of hydrogen-bond acceptors (Lipinski definition) is 2. The largest absolute Gasteiger partial charge is 0.319 e. The molecule has 0 N–H and O–H groups in total. The van der Waals surface area contributed by atoms with Crippen LogP contribution in [0, 0.1) is 0 Å². The van der Waals surface area contributed by atoms with Crippen molar-refractivity contribution in [3.05, 3.63) is 115 Å². The van der Waals surface area contributed by atoms with Gasteiger partial charge in [-0.25, -0.2) is 4.98 Å². The smallest absolute Gasteiger partial charge is 0.141 e. The second kappa shape index (κ2) is 8.16. The summed E-state index contributed by atoms with van der Waals surface area (Å²) in [6.45, 7) is 5.00. The van der Waals surface area contributed by atoms with Gasteiger partial charge in [-0.2, -0.15) is 0 Å². The molecule has 1 aliphatic carbocycles. The van der Waals surface area contributed by atoms with E-state index >= 15 is 0 Å². The van der Waals surface area contributed by atoms with Crippen molar-refractivity contribution in [2.24, 2.45) is 0 Å². The van der Waals surface area contributed by atoms with Crippen molar-refractivity contribution >= 4 is 43.8 Å². The highest BCUT2D eigenvalue weighted by atomic mass is 15.3. The molecule has 2 unspecified atom stereocenters. The highest BCUT2D eigenvalue weighted by Gasteiger charge is 2.58. The Morgan fingerprint density at radius 2 is 1.28 bits per heavy atom. The Labute approximate surface area is 229 Å². The molecule has 1 aliphatic heterocycles. The third-order valence-corrected chi connectivity index (χ3v) is 10.0. The second-order valence-corrected chi connectivity index (χ2v) is 11.9. The normalized spacial score (nSPS) is 22.4. The summed E-state index contributed by atoms with van der Waals surface area (Å²) in [4.78, 5) is 7.65. The van der Waals surface area contributed by atoms with Crippen LogP contribution in [0.15, 0.2) is 109 Å². The number of anilines is 2. The van der Waals surface area contributed by atoms with Crippen molar-refractivity contribution in [3.63, 3.8) is 0 Å². The number of aromatic nitrogens is 1. The molecule has 0 amide bonds. The van der Waals surface area contributed by atoms with Gasteiger partial charge in [0.1, 0.15) is 5.82 Å². The molecular weight excluding hydrogens is 472 g/mol.